The molecule has 0 spiro atoms. The number of amides is 1. The molecule has 0 N–H and O–H groups in total. The number of nitro benzene ring substituents is 1. The normalized spacial score (nSPS) is 14.4. The third-order valence-corrected chi connectivity index (χ3v) is 5.32. The lowest BCUT2D eigenvalue weighted by molar-refractivity contribution is -0.384. The zero-order chi connectivity index (χ0) is 18.8. The first-order valence-electron chi connectivity index (χ1n) is 8.40. The summed E-state index contributed by atoms with van der Waals surface area (Å²) in [6.45, 7) is 2.53. The number of benzene rings is 1. The van der Waals surface area contributed by atoms with Gasteiger partial charge in [-0.25, -0.2) is 4.98 Å². The van der Waals surface area contributed by atoms with Crippen molar-refractivity contribution in [3.63, 3.8) is 0 Å². The van der Waals surface area contributed by atoms with Crippen LogP contribution in [0.2, 0.25) is 0 Å². The third kappa shape index (κ3) is 3.54. The molecular weight excluding hydrogens is 368 g/mol. The van der Waals surface area contributed by atoms with Gasteiger partial charge in [-0.1, -0.05) is 12.1 Å². The fourth-order valence-electron chi connectivity index (χ4n) is 2.98. The molecule has 0 radical (unpaired) electrons. The summed E-state index contributed by atoms with van der Waals surface area (Å²) in [4.78, 5) is 31.4. The molecule has 1 aromatic carbocycles. The largest absolute Gasteiger partial charge is 0.459 e. The highest BCUT2D eigenvalue weighted by Gasteiger charge is 2.25. The highest BCUT2D eigenvalue weighted by atomic mass is 32.1. The summed E-state index contributed by atoms with van der Waals surface area (Å²) in [6.07, 6.45) is 1.49. The zero-order valence-corrected chi connectivity index (χ0v) is 15.1. The molecule has 2 aromatic heterocycles. The van der Waals surface area contributed by atoms with Gasteiger partial charge < -0.3 is 14.2 Å². The second-order valence-corrected chi connectivity index (χ2v) is 6.92. The SMILES string of the molecule is O=C(c1ccco1)N1CCN(c2nc(-c3cccc([N+](=O)[O-])c3)cs2)CC1. The van der Waals surface area contributed by atoms with Crippen LogP contribution < -0.4 is 4.90 Å². The Balaban J connectivity index is 1.43. The quantitative estimate of drug-likeness (QED) is 0.506. The van der Waals surface area contributed by atoms with Crippen LogP contribution in [-0.2, 0) is 0 Å². The molecule has 1 saturated heterocycles. The molecule has 1 amide bonds. The summed E-state index contributed by atoms with van der Waals surface area (Å²) < 4.78 is 5.18. The van der Waals surface area contributed by atoms with Crippen molar-refractivity contribution < 1.29 is 14.1 Å². The number of rotatable bonds is 4. The van der Waals surface area contributed by atoms with E-state index in [4.69, 9.17) is 4.42 Å². The van der Waals surface area contributed by atoms with Crippen molar-refractivity contribution in [2.75, 3.05) is 31.1 Å². The number of carbonyl (C=O) groups excluding carboxylic acids is 1. The zero-order valence-electron chi connectivity index (χ0n) is 14.3. The van der Waals surface area contributed by atoms with Crippen LogP contribution in [0.15, 0.2) is 52.5 Å². The van der Waals surface area contributed by atoms with Crippen LogP contribution in [0.25, 0.3) is 11.3 Å². The number of anilines is 1. The van der Waals surface area contributed by atoms with Crippen LogP contribution in [0, 0.1) is 10.1 Å². The van der Waals surface area contributed by atoms with Crippen molar-refractivity contribution in [3.05, 3.63) is 63.9 Å². The molecule has 1 aliphatic heterocycles. The number of hydrogen-bond donors (Lipinski definition) is 0. The van der Waals surface area contributed by atoms with E-state index in [2.05, 4.69) is 9.88 Å². The predicted octanol–water partition coefficient (Wildman–Crippen LogP) is 3.27. The maximum Gasteiger partial charge on any atom is 0.289 e. The molecule has 1 fully saturated rings. The lowest BCUT2D eigenvalue weighted by atomic mass is 10.1. The molecular formula is C18H16N4O4S. The van der Waals surface area contributed by atoms with Crippen molar-refractivity contribution in [2.24, 2.45) is 0 Å². The van der Waals surface area contributed by atoms with E-state index in [0.717, 1.165) is 10.7 Å². The predicted molar refractivity (Wildman–Crippen MR) is 101 cm³/mol. The van der Waals surface area contributed by atoms with E-state index in [9.17, 15) is 14.9 Å². The molecule has 0 aliphatic carbocycles. The van der Waals surface area contributed by atoms with Gasteiger partial charge in [-0.2, -0.15) is 0 Å². The van der Waals surface area contributed by atoms with E-state index in [-0.39, 0.29) is 11.6 Å². The number of carbonyl (C=O) groups is 1. The molecule has 3 aromatic rings. The van der Waals surface area contributed by atoms with Crippen molar-refractivity contribution >= 4 is 28.1 Å². The van der Waals surface area contributed by atoms with Gasteiger partial charge in [0.1, 0.15) is 0 Å². The fraction of sp³-hybridized carbons (Fsp3) is 0.222. The Bertz CT molecular complexity index is 961. The van der Waals surface area contributed by atoms with Crippen molar-refractivity contribution in [1.29, 1.82) is 0 Å². The molecule has 0 unspecified atom stereocenters. The molecule has 0 atom stereocenters. The monoisotopic (exact) mass is 384 g/mol. The Labute approximate surface area is 158 Å². The van der Waals surface area contributed by atoms with Crippen molar-refractivity contribution in [1.82, 2.24) is 9.88 Å². The number of non-ortho nitro benzene ring substituents is 1. The third-order valence-electron chi connectivity index (χ3n) is 4.41. The van der Waals surface area contributed by atoms with Gasteiger partial charge in [0.25, 0.3) is 11.6 Å². The number of furan rings is 1. The maximum absolute atomic E-state index is 12.3. The smallest absolute Gasteiger partial charge is 0.289 e. The number of thiazole rings is 1. The number of piperazine rings is 1. The van der Waals surface area contributed by atoms with Gasteiger partial charge in [-0.05, 0) is 12.1 Å². The molecule has 1 aliphatic rings. The molecule has 27 heavy (non-hydrogen) atoms. The number of nitrogens with zero attached hydrogens (tertiary/aromatic N) is 4. The van der Waals surface area contributed by atoms with Crippen molar-refractivity contribution in [2.45, 2.75) is 0 Å². The first-order valence-corrected chi connectivity index (χ1v) is 9.28. The Kier molecular flexibility index (Phi) is 4.59. The first-order chi connectivity index (χ1) is 13.1. The van der Waals surface area contributed by atoms with E-state index in [1.54, 1.807) is 23.1 Å². The average molecular weight is 384 g/mol. The van der Waals surface area contributed by atoms with Gasteiger partial charge in [0.15, 0.2) is 10.9 Å². The highest BCUT2D eigenvalue weighted by Crippen LogP contribution is 2.30. The Hall–Kier alpha value is -3.20. The Morgan fingerprint density at radius 1 is 1.19 bits per heavy atom. The fourth-order valence-corrected chi connectivity index (χ4v) is 3.87. The minimum absolute atomic E-state index is 0.0482. The standard InChI is InChI=1S/C18H16N4O4S/c23-17(16-5-2-10-26-16)20-6-8-21(9-7-20)18-19-15(12-27-18)13-3-1-4-14(11-13)22(24)25/h1-5,10-12H,6-9H2. The minimum atomic E-state index is -0.411. The maximum atomic E-state index is 12.3. The van der Waals surface area contributed by atoms with Gasteiger partial charge in [-0.3, -0.25) is 14.9 Å². The summed E-state index contributed by atoms with van der Waals surface area (Å²) in [5.41, 5.74) is 1.48. The molecule has 0 bridgehead atoms. The number of nitro groups is 1. The average Bonchev–Trinajstić information content (AvgIpc) is 3.40. The Morgan fingerprint density at radius 2 is 2.00 bits per heavy atom. The minimum Gasteiger partial charge on any atom is -0.459 e. The van der Waals surface area contributed by atoms with Gasteiger partial charge in [0.2, 0.25) is 0 Å². The van der Waals surface area contributed by atoms with Crippen LogP contribution >= 0.6 is 11.3 Å². The molecule has 138 valence electrons. The molecule has 4 rings (SSSR count). The summed E-state index contributed by atoms with van der Waals surface area (Å²) >= 11 is 1.50. The second-order valence-electron chi connectivity index (χ2n) is 6.08. The second kappa shape index (κ2) is 7.20. The van der Waals surface area contributed by atoms with E-state index in [1.807, 2.05) is 11.4 Å². The number of hydrogen-bond acceptors (Lipinski definition) is 7. The van der Waals surface area contributed by atoms with Crippen LogP contribution in [0.5, 0.6) is 0 Å². The summed E-state index contributed by atoms with van der Waals surface area (Å²) in [5.74, 6) is 0.252. The molecule has 0 saturated carbocycles. The van der Waals surface area contributed by atoms with Gasteiger partial charge in [-0.15, -0.1) is 11.3 Å². The Morgan fingerprint density at radius 3 is 2.70 bits per heavy atom. The van der Waals surface area contributed by atoms with Crippen LogP contribution in [0.1, 0.15) is 10.6 Å². The number of aromatic nitrogens is 1. The summed E-state index contributed by atoms with van der Waals surface area (Å²) in [5, 5.41) is 13.7. The van der Waals surface area contributed by atoms with Gasteiger partial charge >= 0.3 is 0 Å². The summed E-state index contributed by atoms with van der Waals surface area (Å²) in [6, 6.07) is 9.83. The van der Waals surface area contributed by atoms with E-state index in [1.165, 1.54) is 29.7 Å². The topological polar surface area (TPSA) is 92.7 Å². The lowest BCUT2D eigenvalue weighted by Crippen LogP contribution is -2.48. The molecule has 8 nitrogen and oxygen atoms in total. The molecule has 9 heteroatoms. The highest BCUT2D eigenvalue weighted by molar-refractivity contribution is 7.14. The first kappa shape index (κ1) is 17.2. The van der Waals surface area contributed by atoms with E-state index < -0.39 is 4.92 Å². The van der Waals surface area contributed by atoms with Gasteiger partial charge in [0.05, 0.1) is 16.9 Å². The molecule has 3 heterocycles. The van der Waals surface area contributed by atoms with Crippen LogP contribution in [-0.4, -0.2) is 46.9 Å². The lowest BCUT2D eigenvalue weighted by Gasteiger charge is -2.34. The van der Waals surface area contributed by atoms with E-state index >= 15 is 0 Å². The summed E-state index contributed by atoms with van der Waals surface area (Å²) in [7, 11) is 0. The van der Waals surface area contributed by atoms with Crippen LogP contribution in [0.4, 0.5) is 10.8 Å². The van der Waals surface area contributed by atoms with Crippen LogP contribution in [0.3, 0.4) is 0 Å². The van der Waals surface area contributed by atoms with E-state index in [0.29, 0.717) is 37.6 Å². The van der Waals surface area contributed by atoms with Crippen molar-refractivity contribution in [3.8, 4) is 11.3 Å². The van der Waals surface area contributed by atoms with Gasteiger partial charge in [0, 0.05) is 49.3 Å².